The summed E-state index contributed by atoms with van der Waals surface area (Å²) in [6.07, 6.45) is 3.51. The van der Waals surface area contributed by atoms with E-state index in [4.69, 9.17) is 11.6 Å². The lowest BCUT2D eigenvalue weighted by atomic mass is 10.2. The maximum atomic E-state index is 13.0. The second kappa shape index (κ2) is 6.67. The second-order valence-corrected chi connectivity index (χ2v) is 6.08. The summed E-state index contributed by atoms with van der Waals surface area (Å²) in [6.45, 7) is 0.458. The van der Waals surface area contributed by atoms with Gasteiger partial charge in [0.05, 0.1) is 23.7 Å². The van der Waals surface area contributed by atoms with Crippen LogP contribution in [0.1, 0.15) is 16.3 Å². The van der Waals surface area contributed by atoms with Crippen LogP contribution in [-0.2, 0) is 20.6 Å². The molecule has 0 radical (unpaired) electrons. The summed E-state index contributed by atoms with van der Waals surface area (Å²) in [4.78, 5) is 18.8. The molecule has 1 N–H and O–H groups in total. The molecule has 0 saturated carbocycles. The smallest absolute Gasteiger partial charge is 0.270 e. The van der Waals surface area contributed by atoms with E-state index in [0.29, 0.717) is 17.3 Å². The quantitative estimate of drug-likeness (QED) is 0.770. The zero-order valence-electron chi connectivity index (χ0n) is 13.6. The molecule has 0 aliphatic rings. The van der Waals surface area contributed by atoms with Crippen molar-refractivity contribution in [2.45, 2.75) is 6.54 Å². The lowest BCUT2D eigenvalue weighted by molar-refractivity contribution is 0.0692. The molecule has 0 aliphatic carbocycles. The van der Waals surface area contributed by atoms with Gasteiger partial charge in [0.25, 0.3) is 5.91 Å². The molecule has 0 unspecified atom stereocenters. The average molecular weight is 347 g/mol. The molecule has 6 nitrogen and oxygen atoms in total. The van der Waals surface area contributed by atoms with Crippen LogP contribution in [0.15, 0.2) is 36.7 Å². The number of hydrogen-bond donors (Lipinski definition) is 1. The van der Waals surface area contributed by atoms with E-state index in [-0.39, 0.29) is 19.1 Å². The van der Waals surface area contributed by atoms with Gasteiger partial charge in [0.2, 0.25) is 0 Å². The van der Waals surface area contributed by atoms with E-state index in [1.807, 2.05) is 43.1 Å². The van der Waals surface area contributed by atoms with Crippen LogP contribution in [0.25, 0.3) is 10.9 Å². The van der Waals surface area contributed by atoms with Crippen molar-refractivity contribution >= 4 is 28.4 Å². The number of carbonyl (C=O) groups excluding carboxylic acids is 1. The molecule has 0 atom stereocenters. The van der Waals surface area contributed by atoms with Crippen LogP contribution >= 0.6 is 11.6 Å². The van der Waals surface area contributed by atoms with Gasteiger partial charge in [-0.1, -0.05) is 23.7 Å². The van der Waals surface area contributed by atoms with Crippen molar-refractivity contribution in [3.8, 4) is 0 Å². The zero-order valence-corrected chi connectivity index (χ0v) is 14.4. The number of halogens is 1. The molecule has 126 valence electrons. The van der Waals surface area contributed by atoms with Crippen LogP contribution in [0.2, 0.25) is 5.02 Å². The van der Waals surface area contributed by atoms with Gasteiger partial charge < -0.3 is 19.1 Å². The summed E-state index contributed by atoms with van der Waals surface area (Å²) in [7, 11) is 3.69. The number of amides is 1. The minimum atomic E-state index is -0.165. The Labute approximate surface area is 144 Å². The third kappa shape index (κ3) is 2.90. The van der Waals surface area contributed by atoms with E-state index in [0.717, 1.165) is 16.7 Å². The van der Waals surface area contributed by atoms with Gasteiger partial charge in [0.15, 0.2) is 0 Å². The third-order valence-electron chi connectivity index (χ3n) is 4.14. The number of para-hydroxylation sites is 1. The van der Waals surface area contributed by atoms with Gasteiger partial charge in [-0.2, -0.15) is 0 Å². The highest BCUT2D eigenvalue weighted by atomic mass is 35.5. The van der Waals surface area contributed by atoms with Crippen molar-refractivity contribution in [1.82, 2.24) is 19.0 Å². The number of hydrogen-bond acceptors (Lipinski definition) is 3. The highest BCUT2D eigenvalue weighted by molar-refractivity contribution is 6.35. The molecule has 2 aromatic heterocycles. The number of aliphatic hydroxyl groups is 1. The second-order valence-electron chi connectivity index (χ2n) is 5.67. The molecule has 0 aliphatic heterocycles. The highest BCUT2D eigenvalue weighted by Gasteiger charge is 2.22. The summed E-state index contributed by atoms with van der Waals surface area (Å²) >= 11 is 6.26. The molecule has 7 heteroatoms. The van der Waals surface area contributed by atoms with Crippen LogP contribution in [0.5, 0.6) is 0 Å². The number of carbonyl (C=O) groups is 1. The van der Waals surface area contributed by atoms with Crippen LogP contribution in [-0.4, -0.2) is 43.2 Å². The fraction of sp³-hybridized carbons (Fsp3) is 0.294. The number of benzene rings is 1. The fourth-order valence-electron chi connectivity index (χ4n) is 2.83. The highest BCUT2D eigenvalue weighted by Crippen LogP contribution is 2.26. The molecule has 0 saturated heterocycles. The van der Waals surface area contributed by atoms with E-state index in [1.54, 1.807) is 21.7 Å². The van der Waals surface area contributed by atoms with Crippen LogP contribution < -0.4 is 0 Å². The van der Waals surface area contributed by atoms with Crippen LogP contribution in [0.3, 0.4) is 0 Å². The summed E-state index contributed by atoms with van der Waals surface area (Å²) in [5, 5.41) is 10.8. The Morgan fingerprint density at radius 1 is 1.38 bits per heavy atom. The fourth-order valence-corrected chi connectivity index (χ4v) is 3.14. The first-order chi connectivity index (χ1) is 11.5. The predicted octanol–water partition coefficient (Wildman–Crippen LogP) is 2.20. The van der Waals surface area contributed by atoms with Gasteiger partial charge in [-0.15, -0.1) is 0 Å². The summed E-state index contributed by atoms with van der Waals surface area (Å²) < 4.78 is 3.65. The lowest BCUT2D eigenvalue weighted by Gasteiger charge is -2.21. The molecular formula is C17H19ClN4O2. The largest absolute Gasteiger partial charge is 0.395 e. The first-order valence-corrected chi connectivity index (χ1v) is 8.01. The summed E-state index contributed by atoms with van der Waals surface area (Å²) in [6, 6.07) is 7.41. The molecule has 0 fully saturated rings. The van der Waals surface area contributed by atoms with E-state index >= 15 is 0 Å². The lowest BCUT2D eigenvalue weighted by Crippen LogP contribution is -2.35. The minimum absolute atomic E-state index is 0.110. The maximum absolute atomic E-state index is 13.0. The van der Waals surface area contributed by atoms with Crippen molar-refractivity contribution in [3.05, 3.63) is 53.2 Å². The molecule has 0 spiro atoms. The van der Waals surface area contributed by atoms with Crippen molar-refractivity contribution in [1.29, 1.82) is 0 Å². The van der Waals surface area contributed by atoms with E-state index in [9.17, 15) is 9.90 Å². The van der Waals surface area contributed by atoms with Crippen LogP contribution in [0, 0.1) is 0 Å². The molecular weight excluding hydrogens is 328 g/mol. The van der Waals surface area contributed by atoms with Crippen molar-refractivity contribution in [3.63, 3.8) is 0 Å². The standard InChI is InChI=1S/C17H19ClN4O2/c1-20-7-6-19-15(20)11-22(8-9-23)17(24)14-10-12-4-3-5-13(18)16(12)21(14)2/h3-7,10,23H,8-9,11H2,1-2H3. The molecule has 3 aromatic rings. The Balaban J connectivity index is 1.97. The Hall–Kier alpha value is -2.31. The number of rotatable bonds is 5. The van der Waals surface area contributed by atoms with E-state index < -0.39 is 0 Å². The van der Waals surface area contributed by atoms with Gasteiger partial charge in [-0.25, -0.2) is 4.98 Å². The molecule has 2 heterocycles. The van der Waals surface area contributed by atoms with Gasteiger partial charge in [-0.05, 0) is 12.1 Å². The Morgan fingerprint density at radius 3 is 2.79 bits per heavy atom. The van der Waals surface area contributed by atoms with Crippen molar-refractivity contribution < 1.29 is 9.90 Å². The van der Waals surface area contributed by atoms with E-state index in [1.165, 1.54) is 0 Å². The van der Waals surface area contributed by atoms with Crippen molar-refractivity contribution in [2.24, 2.45) is 14.1 Å². The monoisotopic (exact) mass is 346 g/mol. The Morgan fingerprint density at radius 2 is 2.17 bits per heavy atom. The van der Waals surface area contributed by atoms with E-state index in [2.05, 4.69) is 4.98 Å². The third-order valence-corrected chi connectivity index (χ3v) is 4.44. The molecule has 1 aromatic carbocycles. The molecule has 1 amide bonds. The summed E-state index contributed by atoms with van der Waals surface area (Å²) in [5.74, 6) is 0.593. The number of aromatic nitrogens is 3. The van der Waals surface area contributed by atoms with Gasteiger partial charge in [0.1, 0.15) is 11.5 Å². The molecule has 24 heavy (non-hydrogen) atoms. The topological polar surface area (TPSA) is 63.3 Å². The van der Waals surface area contributed by atoms with Crippen LogP contribution in [0.4, 0.5) is 0 Å². The first kappa shape index (κ1) is 16.5. The number of imidazole rings is 1. The summed E-state index contributed by atoms with van der Waals surface area (Å²) in [5.41, 5.74) is 1.35. The number of fused-ring (bicyclic) bond motifs is 1. The Bertz CT molecular complexity index is 884. The first-order valence-electron chi connectivity index (χ1n) is 7.63. The minimum Gasteiger partial charge on any atom is -0.395 e. The maximum Gasteiger partial charge on any atom is 0.270 e. The Kier molecular flexibility index (Phi) is 4.59. The predicted molar refractivity (Wildman–Crippen MR) is 93.0 cm³/mol. The normalized spacial score (nSPS) is 11.2. The molecule has 3 rings (SSSR count). The SMILES string of the molecule is Cn1ccnc1CN(CCO)C(=O)c1cc2cccc(Cl)c2n1C. The van der Waals surface area contributed by atoms with Gasteiger partial charge in [0, 0.05) is 38.4 Å². The average Bonchev–Trinajstić information content (AvgIpc) is 3.11. The van der Waals surface area contributed by atoms with Gasteiger partial charge in [-0.3, -0.25) is 4.79 Å². The van der Waals surface area contributed by atoms with Gasteiger partial charge >= 0.3 is 0 Å². The molecule has 0 bridgehead atoms. The number of aliphatic hydroxyl groups excluding tert-OH is 1. The van der Waals surface area contributed by atoms with Crippen molar-refractivity contribution in [2.75, 3.05) is 13.2 Å². The number of aryl methyl sites for hydroxylation is 2. The zero-order chi connectivity index (χ0) is 17.3. The number of nitrogens with zero attached hydrogens (tertiary/aromatic N) is 4.